The third kappa shape index (κ3) is 4.00. The van der Waals surface area contributed by atoms with Crippen LogP contribution in [0.4, 0.5) is 0 Å². The Bertz CT molecular complexity index is 268. The molecule has 0 fully saturated rings. The minimum absolute atomic E-state index is 0.201. The van der Waals surface area contributed by atoms with E-state index < -0.39 is 0 Å². The number of nitrogens with two attached hydrogens (primary N) is 1. The first-order valence-electron chi connectivity index (χ1n) is 4.84. The molecule has 1 unspecified atom stereocenters. The molecule has 76 valence electrons. The summed E-state index contributed by atoms with van der Waals surface area (Å²) < 4.78 is 0. The van der Waals surface area contributed by atoms with Gasteiger partial charge in [-0.05, 0) is 18.6 Å². The van der Waals surface area contributed by atoms with Gasteiger partial charge in [-0.2, -0.15) is 0 Å². The van der Waals surface area contributed by atoms with Crippen molar-refractivity contribution in [2.75, 3.05) is 0 Å². The first kappa shape index (κ1) is 12.6. The second kappa shape index (κ2) is 6.10. The van der Waals surface area contributed by atoms with Crippen molar-refractivity contribution in [2.24, 2.45) is 11.1 Å². The van der Waals surface area contributed by atoms with Crippen molar-refractivity contribution in [3.63, 3.8) is 0 Å². The van der Waals surface area contributed by atoms with Crippen molar-refractivity contribution >= 4 is 0 Å². The van der Waals surface area contributed by atoms with Gasteiger partial charge in [0.2, 0.25) is 0 Å². The van der Waals surface area contributed by atoms with E-state index in [-0.39, 0.29) is 5.41 Å². The molecule has 0 aromatic rings. The van der Waals surface area contributed by atoms with Crippen molar-refractivity contribution in [3.05, 3.63) is 36.1 Å². The summed E-state index contributed by atoms with van der Waals surface area (Å²) in [4.78, 5) is 0. The van der Waals surface area contributed by atoms with Crippen molar-refractivity contribution < 1.29 is 0 Å². The van der Waals surface area contributed by atoms with Crippen LogP contribution >= 0.6 is 0 Å². The second-order valence-corrected chi connectivity index (χ2v) is 3.61. The molecular formula is C13H19N. The summed E-state index contributed by atoms with van der Waals surface area (Å²) in [6, 6.07) is 0. The zero-order chi connectivity index (χ0) is 11.0. The van der Waals surface area contributed by atoms with Gasteiger partial charge in [-0.25, -0.2) is 0 Å². The van der Waals surface area contributed by atoms with E-state index in [0.29, 0.717) is 0 Å². The number of terminal acetylenes is 1. The summed E-state index contributed by atoms with van der Waals surface area (Å²) in [6.45, 7) is 4.44. The third-order valence-corrected chi connectivity index (χ3v) is 2.21. The fraction of sp³-hybridized carbons (Fsp3) is 0.385. The maximum Gasteiger partial charge on any atom is 0.0310 e. The van der Waals surface area contributed by atoms with E-state index in [0.717, 1.165) is 5.70 Å². The molecule has 1 aliphatic rings. The van der Waals surface area contributed by atoms with Gasteiger partial charge in [0.25, 0.3) is 0 Å². The molecule has 1 atom stereocenters. The van der Waals surface area contributed by atoms with E-state index in [1.165, 1.54) is 12.8 Å². The minimum Gasteiger partial charge on any atom is -0.399 e. The molecule has 0 heterocycles. The SMILES string of the molecule is C#C.CCCC1(C)C=CC=C(N)C=C1. The van der Waals surface area contributed by atoms with Gasteiger partial charge in [-0.3, -0.25) is 0 Å². The van der Waals surface area contributed by atoms with Gasteiger partial charge in [-0.15, -0.1) is 12.8 Å². The molecule has 1 heteroatoms. The Hall–Kier alpha value is -1.42. The Balaban J connectivity index is 0.000000791. The maximum absolute atomic E-state index is 5.68. The van der Waals surface area contributed by atoms with Crippen molar-refractivity contribution in [3.8, 4) is 12.8 Å². The summed E-state index contributed by atoms with van der Waals surface area (Å²) in [6.07, 6.45) is 20.8. The highest BCUT2D eigenvalue weighted by atomic mass is 14.6. The van der Waals surface area contributed by atoms with Crippen LogP contribution in [0.25, 0.3) is 0 Å². The lowest BCUT2D eigenvalue weighted by Crippen LogP contribution is -2.08. The average Bonchev–Trinajstić information content (AvgIpc) is 2.33. The van der Waals surface area contributed by atoms with Crippen LogP contribution in [0, 0.1) is 18.3 Å². The van der Waals surface area contributed by atoms with Gasteiger partial charge in [0.15, 0.2) is 0 Å². The van der Waals surface area contributed by atoms with Crippen molar-refractivity contribution in [1.82, 2.24) is 0 Å². The summed E-state index contributed by atoms with van der Waals surface area (Å²) in [5.41, 5.74) is 6.71. The molecule has 0 aliphatic heterocycles. The Kier molecular flexibility index (Phi) is 5.48. The summed E-state index contributed by atoms with van der Waals surface area (Å²) in [5.74, 6) is 0. The van der Waals surface area contributed by atoms with Crippen LogP contribution in [0.2, 0.25) is 0 Å². The van der Waals surface area contributed by atoms with E-state index >= 15 is 0 Å². The fourth-order valence-electron chi connectivity index (χ4n) is 1.48. The third-order valence-electron chi connectivity index (χ3n) is 2.21. The molecule has 0 aromatic carbocycles. The first-order valence-corrected chi connectivity index (χ1v) is 4.84. The maximum atomic E-state index is 5.68. The van der Waals surface area contributed by atoms with Crippen LogP contribution in [0.5, 0.6) is 0 Å². The van der Waals surface area contributed by atoms with E-state index in [1.807, 2.05) is 18.2 Å². The number of allylic oxidation sites excluding steroid dienone is 5. The van der Waals surface area contributed by atoms with E-state index in [4.69, 9.17) is 5.73 Å². The first-order chi connectivity index (χ1) is 6.66. The Morgan fingerprint density at radius 3 is 2.57 bits per heavy atom. The predicted octanol–water partition coefficient (Wildman–Crippen LogP) is 3.01. The fourth-order valence-corrected chi connectivity index (χ4v) is 1.48. The van der Waals surface area contributed by atoms with Crippen LogP contribution in [0.3, 0.4) is 0 Å². The Labute approximate surface area is 87.4 Å². The molecule has 0 bridgehead atoms. The smallest absolute Gasteiger partial charge is 0.0310 e. The minimum atomic E-state index is 0.201. The lowest BCUT2D eigenvalue weighted by molar-refractivity contribution is 0.493. The van der Waals surface area contributed by atoms with E-state index in [1.54, 1.807) is 0 Å². The lowest BCUT2D eigenvalue weighted by Gasteiger charge is -2.19. The summed E-state index contributed by atoms with van der Waals surface area (Å²) >= 11 is 0. The molecule has 14 heavy (non-hydrogen) atoms. The van der Waals surface area contributed by atoms with Crippen molar-refractivity contribution in [1.29, 1.82) is 0 Å². The number of hydrogen-bond donors (Lipinski definition) is 1. The molecule has 0 amide bonds. The van der Waals surface area contributed by atoms with Crippen LogP contribution < -0.4 is 5.73 Å². The van der Waals surface area contributed by atoms with Crippen LogP contribution in [0.15, 0.2) is 36.1 Å². The zero-order valence-electron chi connectivity index (χ0n) is 9.03. The predicted molar refractivity (Wildman–Crippen MR) is 63.5 cm³/mol. The van der Waals surface area contributed by atoms with Crippen molar-refractivity contribution in [2.45, 2.75) is 26.7 Å². The molecular weight excluding hydrogens is 170 g/mol. The zero-order valence-corrected chi connectivity index (χ0v) is 9.03. The van der Waals surface area contributed by atoms with Crippen LogP contribution in [0.1, 0.15) is 26.7 Å². The normalized spacial score (nSPS) is 24.4. The molecule has 0 saturated carbocycles. The van der Waals surface area contributed by atoms with E-state index in [2.05, 4.69) is 38.8 Å². The Morgan fingerprint density at radius 1 is 1.36 bits per heavy atom. The topological polar surface area (TPSA) is 26.0 Å². The molecule has 0 aromatic heterocycles. The van der Waals surface area contributed by atoms with Gasteiger partial charge < -0.3 is 5.73 Å². The largest absolute Gasteiger partial charge is 0.399 e. The molecule has 1 aliphatic carbocycles. The monoisotopic (exact) mass is 189 g/mol. The summed E-state index contributed by atoms with van der Waals surface area (Å²) in [7, 11) is 0. The molecule has 0 spiro atoms. The van der Waals surface area contributed by atoms with Gasteiger partial charge in [0, 0.05) is 11.1 Å². The summed E-state index contributed by atoms with van der Waals surface area (Å²) in [5, 5.41) is 0. The highest BCUT2D eigenvalue weighted by Crippen LogP contribution is 2.28. The second-order valence-electron chi connectivity index (χ2n) is 3.61. The molecule has 1 nitrogen and oxygen atoms in total. The standard InChI is InChI=1S/C11H17N.C2H2/c1-3-7-11(2)8-4-5-10(12)6-9-11;1-2/h4-6,8-9H,3,7,12H2,1-2H3;1-2H. The molecule has 2 N–H and O–H groups in total. The molecule has 0 radical (unpaired) electrons. The molecule has 0 saturated heterocycles. The van der Waals surface area contributed by atoms with E-state index in [9.17, 15) is 0 Å². The van der Waals surface area contributed by atoms with Crippen LogP contribution in [-0.2, 0) is 0 Å². The Morgan fingerprint density at radius 2 is 2.00 bits per heavy atom. The quantitative estimate of drug-likeness (QED) is 0.664. The van der Waals surface area contributed by atoms with Gasteiger partial charge in [0.1, 0.15) is 0 Å². The molecule has 1 rings (SSSR count). The van der Waals surface area contributed by atoms with Gasteiger partial charge >= 0.3 is 0 Å². The number of hydrogen-bond acceptors (Lipinski definition) is 1. The highest BCUT2D eigenvalue weighted by Gasteiger charge is 2.15. The van der Waals surface area contributed by atoms with Crippen LogP contribution in [-0.4, -0.2) is 0 Å². The van der Waals surface area contributed by atoms with Gasteiger partial charge in [-0.1, -0.05) is 38.5 Å². The van der Waals surface area contributed by atoms with Gasteiger partial charge in [0.05, 0.1) is 0 Å². The lowest BCUT2D eigenvalue weighted by atomic mass is 9.85. The average molecular weight is 189 g/mol. The highest BCUT2D eigenvalue weighted by molar-refractivity contribution is 5.29. The number of rotatable bonds is 2.